The predicted molar refractivity (Wildman–Crippen MR) is 116 cm³/mol. The number of carbonyl (C=O) groups excluding carboxylic acids is 2. The number of ether oxygens (including phenoxy) is 2. The van der Waals surface area contributed by atoms with Crippen LogP contribution in [0.3, 0.4) is 0 Å². The van der Waals surface area contributed by atoms with Crippen LogP contribution in [0.4, 0.5) is 15.8 Å². The molecular weight excluding hydrogens is 431 g/mol. The van der Waals surface area contributed by atoms with Crippen LogP contribution in [0.25, 0.3) is 10.1 Å². The van der Waals surface area contributed by atoms with Gasteiger partial charge in [-0.05, 0) is 36.4 Å². The smallest absolute Gasteiger partial charge is 0.340 e. The van der Waals surface area contributed by atoms with Crippen LogP contribution in [0, 0.1) is 5.82 Å². The van der Waals surface area contributed by atoms with E-state index in [-0.39, 0.29) is 15.5 Å². The number of carbonyl (C=O) groups is 2. The molecule has 30 heavy (non-hydrogen) atoms. The van der Waals surface area contributed by atoms with Crippen LogP contribution >= 0.6 is 22.9 Å². The SMILES string of the molecule is COC(=O)c1cc(N2CCOCC2)ccc1NC(=O)c1sc2cc(F)ccc2c1Cl. The van der Waals surface area contributed by atoms with E-state index in [1.807, 2.05) is 6.07 Å². The highest BCUT2D eigenvalue weighted by Gasteiger charge is 2.22. The number of nitrogens with zero attached hydrogens (tertiary/aromatic N) is 1. The third-order valence-corrected chi connectivity index (χ3v) is 6.49. The Bertz CT molecular complexity index is 1130. The van der Waals surface area contributed by atoms with Crippen molar-refractivity contribution in [2.45, 2.75) is 0 Å². The zero-order valence-electron chi connectivity index (χ0n) is 16.0. The van der Waals surface area contributed by atoms with Crippen molar-refractivity contribution in [3.05, 3.63) is 57.7 Å². The Balaban J connectivity index is 1.65. The number of fused-ring (bicyclic) bond motifs is 1. The number of hydrogen-bond donors (Lipinski definition) is 1. The summed E-state index contributed by atoms with van der Waals surface area (Å²) in [5.41, 5.74) is 1.38. The van der Waals surface area contributed by atoms with E-state index in [1.165, 1.54) is 25.3 Å². The second-order valence-corrected chi connectivity index (χ2v) is 8.09. The maximum absolute atomic E-state index is 13.5. The number of nitrogens with one attached hydrogen (secondary N) is 1. The summed E-state index contributed by atoms with van der Waals surface area (Å²) < 4.78 is 24.3. The fourth-order valence-corrected chi connectivity index (χ4v) is 4.74. The third kappa shape index (κ3) is 3.98. The fourth-order valence-electron chi connectivity index (χ4n) is 3.30. The molecule has 2 heterocycles. The molecule has 0 radical (unpaired) electrons. The molecule has 4 rings (SSSR count). The highest BCUT2D eigenvalue weighted by atomic mass is 35.5. The van der Waals surface area contributed by atoms with Crippen LogP contribution in [0.2, 0.25) is 5.02 Å². The van der Waals surface area contributed by atoms with Gasteiger partial charge in [0.1, 0.15) is 10.7 Å². The molecule has 0 unspecified atom stereocenters. The molecule has 0 bridgehead atoms. The van der Waals surface area contributed by atoms with Crippen molar-refractivity contribution in [3.8, 4) is 0 Å². The predicted octanol–water partition coefficient (Wildman–Crippen LogP) is 4.57. The van der Waals surface area contributed by atoms with Crippen molar-refractivity contribution >= 4 is 56.3 Å². The van der Waals surface area contributed by atoms with E-state index in [0.717, 1.165) is 17.0 Å². The molecule has 0 aliphatic carbocycles. The van der Waals surface area contributed by atoms with Gasteiger partial charge in [-0.25, -0.2) is 9.18 Å². The van der Waals surface area contributed by atoms with Gasteiger partial charge in [0.05, 0.1) is 36.6 Å². The monoisotopic (exact) mass is 448 g/mol. The minimum atomic E-state index is -0.565. The number of amides is 1. The topological polar surface area (TPSA) is 67.9 Å². The molecule has 3 aromatic rings. The maximum Gasteiger partial charge on any atom is 0.340 e. The lowest BCUT2D eigenvalue weighted by Gasteiger charge is -2.29. The quantitative estimate of drug-likeness (QED) is 0.592. The Hall–Kier alpha value is -2.68. The van der Waals surface area contributed by atoms with Gasteiger partial charge >= 0.3 is 5.97 Å². The van der Waals surface area contributed by atoms with Crippen molar-refractivity contribution in [2.75, 3.05) is 43.6 Å². The second-order valence-electron chi connectivity index (χ2n) is 6.66. The number of methoxy groups -OCH3 is 1. The van der Waals surface area contributed by atoms with Gasteiger partial charge in [0.15, 0.2) is 0 Å². The van der Waals surface area contributed by atoms with Crippen molar-refractivity contribution in [1.29, 1.82) is 0 Å². The molecule has 1 aromatic heterocycles. The molecule has 1 aliphatic heterocycles. The Kier molecular flexibility index (Phi) is 5.90. The molecule has 156 valence electrons. The Morgan fingerprint density at radius 1 is 1.20 bits per heavy atom. The van der Waals surface area contributed by atoms with E-state index in [9.17, 15) is 14.0 Å². The molecule has 1 fully saturated rings. The van der Waals surface area contributed by atoms with Gasteiger partial charge in [0, 0.05) is 28.9 Å². The summed E-state index contributed by atoms with van der Waals surface area (Å²) >= 11 is 7.43. The largest absolute Gasteiger partial charge is 0.465 e. The summed E-state index contributed by atoms with van der Waals surface area (Å²) in [5, 5.41) is 3.59. The molecule has 0 spiro atoms. The third-order valence-electron chi connectivity index (χ3n) is 4.83. The van der Waals surface area contributed by atoms with Crippen LogP contribution in [0.1, 0.15) is 20.0 Å². The summed E-state index contributed by atoms with van der Waals surface area (Å²) in [5.74, 6) is -1.45. The number of halogens is 2. The number of morpholine rings is 1. The molecule has 1 aliphatic rings. The van der Waals surface area contributed by atoms with E-state index in [0.29, 0.717) is 42.1 Å². The normalized spacial score (nSPS) is 14.0. The molecule has 1 amide bonds. The van der Waals surface area contributed by atoms with Gasteiger partial charge in [-0.2, -0.15) is 0 Å². The first-order valence-corrected chi connectivity index (χ1v) is 10.4. The van der Waals surface area contributed by atoms with Gasteiger partial charge in [-0.1, -0.05) is 11.6 Å². The number of esters is 1. The van der Waals surface area contributed by atoms with Gasteiger partial charge in [0.2, 0.25) is 0 Å². The van der Waals surface area contributed by atoms with E-state index >= 15 is 0 Å². The van der Waals surface area contributed by atoms with Crippen molar-refractivity contribution < 1.29 is 23.5 Å². The number of anilines is 2. The van der Waals surface area contributed by atoms with Crippen LogP contribution in [-0.4, -0.2) is 45.3 Å². The molecule has 1 saturated heterocycles. The zero-order chi connectivity index (χ0) is 21.3. The van der Waals surface area contributed by atoms with Crippen LogP contribution in [0.5, 0.6) is 0 Å². The summed E-state index contributed by atoms with van der Waals surface area (Å²) in [7, 11) is 1.28. The molecule has 0 atom stereocenters. The summed E-state index contributed by atoms with van der Waals surface area (Å²) in [6.45, 7) is 2.63. The van der Waals surface area contributed by atoms with E-state index < -0.39 is 17.7 Å². The summed E-state index contributed by atoms with van der Waals surface area (Å²) in [6.07, 6.45) is 0. The van der Waals surface area contributed by atoms with E-state index in [1.54, 1.807) is 12.1 Å². The van der Waals surface area contributed by atoms with Gasteiger partial charge in [0.25, 0.3) is 5.91 Å². The molecular formula is C21H18ClFN2O4S. The summed E-state index contributed by atoms with van der Waals surface area (Å²) in [6, 6.07) is 9.35. The van der Waals surface area contributed by atoms with Gasteiger partial charge < -0.3 is 19.7 Å². The van der Waals surface area contributed by atoms with E-state index in [2.05, 4.69) is 10.2 Å². The molecule has 9 heteroatoms. The fraction of sp³-hybridized carbons (Fsp3) is 0.238. The summed E-state index contributed by atoms with van der Waals surface area (Å²) in [4.78, 5) is 27.6. The average Bonchev–Trinajstić information content (AvgIpc) is 3.09. The molecule has 6 nitrogen and oxygen atoms in total. The first-order chi connectivity index (χ1) is 14.5. The van der Waals surface area contributed by atoms with E-state index in [4.69, 9.17) is 21.1 Å². The number of hydrogen-bond acceptors (Lipinski definition) is 6. The minimum Gasteiger partial charge on any atom is -0.465 e. The van der Waals surface area contributed by atoms with Crippen molar-refractivity contribution in [2.24, 2.45) is 0 Å². The highest BCUT2D eigenvalue weighted by Crippen LogP contribution is 2.36. The van der Waals surface area contributed by atoms with Crippen molar-refractivity contribution in [3.63, 3.8) is 0 Å². The minimum absolute atomic E-state index is 0.234. The average molecular weight is 449 g/mol. The lowest BCUT2D eigenvalue weighted by atomic mass is 10.1. The van der Waals surface area contributed by atoms with Crippen molar-refractivity contribution in [1.82, 2.24) is 0 Å². The van der Waals surface area contributed by atoms with Gasteiger partial charge in [-0.15, -0.1) is 11.3 Å². The van der Waals surface area contributed by atoms with Crippen LogP contribution < -0.4 is 10.2 Å². The lowest BCUT2D eigenvalue weighted by Crippen LogP contribution is -2.36. The molecule has 1 N–H and O–H groups in total. The first kappa shape index (κ1) is 20.6. The first-order valence-electron chi connectivity index (χ1n) is 9.22. The number of thiophene rings is 1. The second kappa shape index (κ2) is 8.59. The highest BCUT2D eigenvalue weighted by molar-refractivity contribution is 7.21. The Morgan fingerprint density at radius 2 is 1.97 bits per heavy atom. The molecule has 2 aromatic carbocycles. The Labute approximate surface area is 181 Å². The van der Waals surface area contributed by atoms with Crippen LogP contribution in [-0.2, 0) is 9.47 Å². The zero-order valence-corrected chi connectivity index (χ0v) is 17.6. The van der Waals surface area contributed by atoms with Crippen LogP contribution in [0.15, 0.2) is 36.4 Å². The number of benzene rings is 2. The number of rotatable bonds is 4. The Morgan fingerprint density at radius 3 is 2.70 bits per heavy atom. The lowest BCUT2D eigenvalue weighted by molar-refractivity contribution is 0.0602. The van der Waals surface area contributed by atoms with Gasteiger partial charge in [-0.3, -0.25) is 4.79 Å². The molecule has 0 saturated carbocycles. The maximum atomic E-state index is 13.5. The standard InChI is InChI=1S/C21H18ClFN2O4S/c1-28-21(27)15-11-13(25-6-8-29-9-7-25)3-5-16(15)24-20(26)19-18(22)14-4-2-12(23)10-17(14)30-19/h2-5,10-11H,6-9H2,1H3,(H,24,26).